The fourth-order valence-corrected chi connectivity index (χ4v) is 1.93. The van der Waals surface area contributed by atoms with Crippen molar-refractivity contribution in [1.29, 1.82) is 0 Å². The molecule has 0 aliphatic carbocycles. The monoisotopic (exact) mass is 298 g/mol. The van der Waals surface area contributed by atoms with Crippen molar-refractivity contribution in [2.45, 2.75) is 6.54 Å². The minimum absolute atomic E-state index is 0.161. The summed E-state index contributed by atoms with van der Waals surface area (Å²) >= 11 is 11.5. The Hall–Kier alpha value is -1.85. The molecule has 0 bridgehead atoms. The summed E-state index contributed by atoms with van der Waals surface area (Å²) in [5.74, 6) is -0.351. The molecule has 1 N–H and O–H groups in total. The lowest BCUT2D eigenvalue weighted by atomic mass is 10.1. The minimum atomic E-state index is -0.699. The Morgan fingerprint density at radius 1 is 1.16 bits per heavy atom. The largest absolute Gasteiger partial charge is 0.328 e. The van der Waals surface area contributed by atoms with Crippen LogP contribution in [-0.2, 0) is 6.54 Å². The van der Waals surface area contributed by atoms with E-state index < -0.39 is 11.2 Å². The molecule has 7 heteroatoms. The van der Waals surface area contributed by atoms with Gasteiger partial charge in [0.05, 0.1) is 11.6 Å². The molecule has 2 rings (SSSR count). The lowest BCUT2D eigenvalue weighted by molar-refractivity contribution is 0.0970. The lowest BCUT2D eigenvalue weighted by Crippen LogP contribution is -2.31. The Bertz CT molecular complexity index is 749. The zero-order valence-electron chi connectivity index (χ0n) is 9.52. The highest BCUT2D eigenvalue weighted by molar-refractivity contribution is 6.34. The Labute approximate surface area is 117 Å². The number of aromatic nitrogens is 2. The molecule has 0 unspecified atom stereocenters. The van der Waals surface area contributed by atoms with Crippen LogP contribution in [0, 0.1) is 0 Å². The van der Waals surface area contributed by atoms with Crippen molar-refractivity contribution in [2.75, 3.05) is 0 Å². The van der Waals surface area contributed by atoms with Crippen LogP contribution >= 0.6 is 23.2 Å². The van der Waals surface area contributed by atoms with Crippen LogP contribution in [0.1, 0.15) is 10.4 Å². The summed E-state index contributed by atoms with van der Waals surface area (Å²) in [6, 6.07) is 6.50. The average molecular weight is 299 g/mol. The van der Waals surface area contributed by atoms with Crippen LogP contribution in [0.15, 0.2) is 40.1 Å². The van der Waals surface area contributed by atoms with Crippen LogP contribution in [0.2, 0.25) is 10.0 Å². The third-order valence-electron chi connectivity index (χ3n) is 2.46. The summed E-state index contributed by atoms with van der Waals surface area (Å²) in [6.07, 6.45) is 1.12. The molecule has 1 aromatic carbocycles. The third kappa shape index (κ3) is 2.94. The highest BCUT2D eigenvalue weighted by Gasteiger charge is 2.12. The summed E-state index contributed by atoms with van der Waals surface area (Å²) in [7, 11) is 0. The number of benzene rings is 1. The van der Waals surface area contributed by atoms with Gasteiger partial charge in [0.1, 0.15) is 5.02 Å². The molecule has 5 nitrogen and oxygen atoms in total. The van der Waals surface area contributed by atoms with Gasteiger partial charge in [-0.3, -0.25) is 19.1 Å². The van der Waals surface area contributed by atoms with Crippen molar-refractivity contribution in [1.82, 2.24) is 9.55 Å². The zero-order chi connectivity index (χ0) is 14.0. The lowest BCUT2D eigenvalue weighted by Gasteiger charge is -2.06. The van der Waals surface area contributed by atoms with Gasteiger partial charge in [0.25, 0.3) is 5.56 Å². The summed E-state index contributed by atoms with van der Waals surface area (Å²) in [5.41, 5.74) is -1.08. The summed E-state index contributed by atoms with van der Waals surface area (Å²) in [4.78, 5) is 36.6. The van der Waals surface area contributed by atoms with Crippen LogP contribution in [0.3, 0.4) is 0 Å². The Morgan fingerprint density at radius 3 is 2.53 bits per heavy atom. The van der Waals surface area contributed by atoms with E-state index in [9.17, 15) is 14.4 Å². The van der Waals surface area contributed by atoms with E-state index in [1.165, 1.54) is 0 Å². The van der Waals surface area contributed by atoms with Gasteiger partial charge in [-0.05, 0) is 12.1 Å². The van der Waals surface area contributed by atoms with Crippen LogP contribution in [0.4, 0.5) is 0 Å². The number of carbonyl (C=O) groups excluding carboxylic acids is 1. The van der Waals surface area contributed by atoms with E-state index in [1.807, 2.05) is 4.98 Å². The smallest absolute Gasteiger partial charge is 0.292 e. The zero-order valence-corrected chi connectivity index (χ0v) is 11.0. The molecule has 0 aliphatic heterocycles. The molecule has 0 atom stereocenters. The maximum atomic E-state index is 12.0. The number of nitrogens with one attached hydrogen (secondary N) is 1. The predicted molar refractivity (Wildman–Crippen MR) is 72.1 cm³/mol. The molecule has 0 aliphatic rings. The molecule has 0 saturated carbocycles. The number of hydrogen-bond acceptors (Lipinski definition) is 3. The molecule has 19 heavy (non-hydrogen) atoms. The van der Waals surface area contributed by atoms with Crippen LogP contribution < -0.4 is 11.2 Å². The van der Waals surface area contributed by atoms with E-state index in [4.69, 9.17) is 23.2 Å². The average Bonchev–Trinajstić information content (AvgIpc) is 2.36. The molecule has 0 fully saturated rings. The first-order valence-electron chi connectivity index (χ1n) is 5.26. The third-order valence-corrected chi connectivity index (χ3v) is 3.05. The number of H-pyrrole nitrogens is 1. The molecule has 98 valence electrons. The number of nitrogens with zero attached hydrogens (tertiary/aromatic N) is 1. The van der Waals surface area contributed by atoms with E-state index in [0.717, 1.165) is 10.8 Å². The van der Waals surface area contributed by atoms with Crippen LogP contribution in [-0.4, -0.2) is 15.3 Å². The Kier molecular flexibility index (Phi) is 3.87. The topological polar surface area (TPSA) is 71.9 Å². The number of hydrogen-bond donors (Lipinski definition) is 1. The second-order valence-electron chi connectivity index (χ2n) is 3.77. The van der Waals surface area contributed by atoms with Gasteiger partial charge in [-0.2, -0.15) is 0 Å². The molecule has 0 saturated heterocycles. The van der Waals surface area contributed by atoms with Crippen molar-refractivity contribution >= 4 is 29.0 Å². The normalized spacial score (nSPS) is 10.4. The Balaban J connectivity index is 2.35. The van der Waals surface area contributed by atoms with Gasteiger partial charge in [-0.25, -0.2) is 4.79 Å². The maximum Gasteiger partial charge on any atom is 0.328 e. The summed E-state index contributed by atoms with van der Waals surface area (Å²) in [5, 5.41) is 0.141. The van der Waals surface area contributed by atoms with Crippen molar-refractivity contribution in [2.24, 2.45) is 0 Å². The van der Waals surface area contributed by atoms with E-state index in [-0.39, 0.29) is 17.4 Å². The van der Waals surface area contributed by atoms with Gasteiger partial charge in [-0.1, -0.05) is 35.3 Å². The van der Waals surface area contributed by atoms with Crippen molar-refractivity contribution in [3.63, 3.8) is 0 Å². The first-order chi connectivity index (χ1) is 8.99. The molecule has 0 radical (unpaired) electrons. The molecule has 1 heterocycles. The second-order valence-corrected chi connectivity index (χ2v) is 4.58. The summed E-state index contributed by atoms with van der Waals surface area (Å²) < 4.78 is 1.02. The van der Waals surface area contributed by atoms with Gasteiger partial charge >= 0.3 is 5.69 Å². The van der Waals surface area contributed by atoms with Crippen molar-refractivity contribution < 1.29 is 4.79 Å². The number of aromatic amines is 1. The first-order valence-corrected chi connectivity index (χ1v) is 6.01. The van der Waals surface area contributed by atoms with E-state index in [2.05, 4.69) is 0 Å². The molecular formula is C12H8Cl2N2O3. The number of carbonyl (C=O) groups is 1. The number of rotatable bonds is 3. The SMILES string of the molecule is O=C(Cn1cc(Cl)c(=O)[nH]c1=O)c1ccccc1Cl. The molecule has 1 aromatic heterocycles. The van der Waals surface area contributed by atoms with E-state index in [1.54, 1.807) is 24.3 Å². The minimum Gasteiger partial charge on any atom is -0.292 e. The standard InChI is InChI=1S/C12H8Cl2N2O3/c13-8-4-2-1-3-7(8)10(17)6-16-5-9(14)11(18)15-12(16)19/h1-5H,6H2,(H,15,18,19). The number of Topliss-reactive ketones (excluding diaryl/α,β-unsaturated/α-hetero) is 1. The van der Waals surface area contributed by atoms with Gasteiger partial charge in [0.2, 0.25) is 0 Å². The van der Waals surface area contributed by atoms with E-state index in [0.29, 0.717) is 10.6 Å². The van der Waals surface area contributed by atoms with Crippen LogP contribution in [0.25, 0.3) is 0 Å². The van der Waals surface area contributed by atoms with Crippen LogP contribution in [0.5, 0.6) is 0 Å². The molecule has 0 spiro atoms. The van der Waals surface area contributed by atoms with E-state index >= 15 is 0 Å². The fraction of sp³-hybridized carbons (Fsp3) is 0.0833. The number of ketones is 1. The second kappa shape index (κ2) is 5.42. The maximum absolute atomic E-state index is 12.0. The molecular weight excluding hydrogens is 291 g/mol. The van der Waals surface area contributed by atoms with Gasteiger partial charge in [0, 0.05) is 11.8 Å². The first kappa shape index (κ1) is 13.6. The van der Waals surface area contributed by atoms with Gasteiger partial charge in [0.15, 0.2) is 5.78 Å². The number of halogens is 2. The van der Waals surface area contributed by atoms with Crippen molar-refractivity contribution in [3.8, 4) is 0 Å². The van der Waals surface area contributed by atoms with Crippen molar-refractivity contribution in [3.05, 3.63) is 66.9 Å². The fourth-order valence-electron chi connectivity index (χ4n) is 1.53. The van der Waals surface area contributed by atoms with Gasteiger partial charge < -0.3 is 0 Å². The predicted octanol–water partition coefficient (Wildman–Crippen LogP) is 1.73. The highest BCUT2D eigenvalue weighted by Crippen LogP contribution is 2.15. The Morgan fingerprint density at radius 2 is 1.84 bits per heavy atom. The molecule has 2 aromatic rings. The molecule has 0 amide bonds. The van der Waals surface area contributed by atoms with Gasteiger partial charge in [-0.15, -0.1) is 0 Å². The summed E-state index contributed by atoms with van der Waals surface area (Å²) in [6.45, 7) is -0.251. The quantitative estimate of drug-likeness (QED) is 0.877. The highest BCUT2D eigenvalue weighted by atomic mass is 35.5.